The van der Waals surface area contributed by atoms with Gasteiger partial charge in [-0.15, -0.1) is 0 Å². The number of carbonyl (C=O) groups is 3. The van der Waals surface area contributed by atoms with E-state index in [1.54, 1.807) is 6.92 Å². The van der Waals surface area contributed by atoms with E-state index in [1.165, 1.54) is 12.5 Å². The van der Waals surface area contributed by atoms with Gasteiger partial charge in [-0.3, -0.25) is 9.59 Å². The second-order valence-corrected chi connectivity index (χ2v) is 31.2. The van der Waals surface area contributed by atoms with Crippen LogP contribution in [0.15, 0.2) is 66.2 Å². The number of rotatable bonds is 29. The average molecular weight is 1380 g/mol. The van der Waals surface area contributed by atoms with Gasteiger partial charge in [-0.25, -0.2) is 0 Å². The molecule has 0 spiro atoms. The monoisotopic (exact) mass is 1380 g/mol. The van der Waals surface area contributed by atoms with E-state index in [4.69, 9.17) is 33.2 Å². The second kappa shape index (κ2) is 32.3. The van der Waals surface area contributed by atoms with E-state index in [0.29, 0.717) is 64.3 Å². The maximum Gasteiger partial charge on any atom is 0.317 e. The lowest BCUT2D eigenvalue weighted by Gasteiger charge is -2.71. The molecule has 7 aliphatic rings. The molecule has 0 radical (unpaired) electrons. The number of amides is 1. The number of esters is 1. The molecule has 98 heavy (non-hydrogen) atoms. The van der Waals surface area contributed by atoms with Gasteiger partial charge in [-0.2, -0.15) is 0 Å². The summed E-state index contributed by atoms with van der Waals surface area (Å²) in [5, 5.41) is 146. The molecule has 24 heteroatoms. The molecule has 27 atom stereocenters. The molecule has 0 bridgehead atoms. The summed E-state index contributed by atoms with van der Waals surface area (Å²) in [6.07, 6.45) is -17.7. The predicted molar refractivity (Wildman–Crippen MR) is 355 cm³/mol. The lowest BCUT2D eigenvalue weighted by atomic mass is 9.34. The molecule has 552 valence electrons. The number of unbranched alkanes of at least 4 members (excludes halogenated alkanes) is 5. The van der Waals surface area contributed by atoms with Gasteiger partial charge in [-0.1, -0.05) is 116 Å². The highest BCUT2D eigenvalue weighted by Gasteiger charge is 2.72. The minimum Gasteiger partial charge on any atom is -0.457 e. The minimum atomic E-state index is -2.35. The molecule has 4 saturated carbocycles. The van der Waals surface area contributed by atoms with Crippen molar-refractivity contribution < 1.29 is 114 Å². The standard InChI is InChI=1S/C74H113NO23/c1-9-47(78)55(83)63(97-66-60(88)58(86)61(41(2)93-66)92-39-49(80)54(82)48(79)38-76)65(90)98-68(91)74-35-34-69(3,4)31-28-46(74)45-26-27-51-70(5)32-30-53(71(6,40-77)50(70)29-33-72(51,7)73(45,8)37-52(74)81)95-67-59(87)56(84)57(85)62(96-67)64(89)75-36-18-13-11-10-12-15-19-42-22-24-44(25-23-42)94-43-20-16-14-17-21-43/h14,16-17,20-26,40-41,46-63,65-67,76,78-88,90H,9-13,15,18-19,27-39H2,1-8H3,(H,75,89)/t41?,46?,47-,48+,49?,50+,51?,52?,53-,54-,55+,56-,57-,58+,59?,60?,61-,62?,63?,65+,66-,67+,70?,71+,72?,73?,74+/m0/s1. The normalized spacial score (nSPS) is 39.0. The number of allylic oxidation sites excluding steroid dienone is 2. The van der Waals surface area contributed by atoms with Gasteiger partial charge >= 0.3 is 5.97 Å². The zero-order chi connectivity index (χ0) is 71.5. The van der Waals surface area contributed by atoms with Crippen LogP contribution in [-0.4, -0.2) is 221 Å². The highest BCUT2D eigenvalue weighted by molar-refractivity contribution is 5.82. The number of para-hydroxylation sites is 1. The second-order valence-electron chi connectivity index (χ2n) is 31.2. The zero-order valence-corrected chi connectivity index (χ0v) is 58.3. The SMILES string of the molecule is CC[C@H](O)[C@@H](O)C(O[C@@H]1OC(C)[C@H](OCC(O)[C@@H](O)[C@H](O)CO)[C@H](O)C1O)[C@H](O)OC(=O)[C@]12CCC(C)(C)CCC1C1=CCC3C4(C)CC[C@H](O[C@@H]5OC(C(=O)NCCCCCCCCc6ccc(Oc7ccccc7)cc6)[C@@H](O)[C@H](O)C5O)[C@](C)(C=O)[C@@H]4CCC3(C)C1(C)CC2O. The van der Waals surface area contributed by atoms with Crippen molar-refractivity contribution in [2.24, 2.45) is 50.2 Å². The molecule has 2 saturated heterocycles. The maximum absolute atomic E-state index is 15.5. The molecule has 0 aromatic heterocycles. The molecule has 2 heterocycles. The molecular formula is C74H113NO23. The van der Waals surface area contributed by atoms with Crippen molar-refractivity contribution in [2.45, 2.75) is 287 Å². The van der Waals surface area contributed by atoms with Crippen molar-refractivity contribution in [1.82, 2.24) is 5.32 Å². The fraction of sp³-hybridized carbons (Fsp3) is 0.770. The molecular weight excluding hydrogens is 1270 g/mol. The van der Waals surface area contributed by atoms with Crippen molar-refractivity contribution in [3.05, 3.63) is 71.8 Å². The molecule has 12 unspecified atom stereocenters. The summed E-state index contributed by atoms with van der Waals surface area (Å²) < 4.78 is 42.0. The summed E-state index contributed by atoms with van der Waals surface area (Å²) in [4.78, 5) is 43.0. The van der Waals surface area contributed by atoms with Crippen molar-refractivity contribution in [2.75, 3.05) is 19.8 Å². The molecule has 2 aromatic carbocycles. The van der Waals surface area contributed by atoms with Gasteiger partial charge < -0.3 is 110 Å². The summed E-state index contributed by atoms with van der Waals surface area (Å²) in [5.41, 5.74) is -2.63. The van der Waals surface area contributed by atoms with Crippen LogP contribution in [0.25, 0.3) is 0 Å². The van der Waals surface area contributed by atoms with Gasteiger partial charge in [0.25, 0.3) is 5.91 Å². The third kappa shape index (κ3) is 15.7. The zero-order valence-electron chi connectivity index (χ0n) is 58.3. The van der Waals surface area contributed by atoms with E-state index >= 15 is 4.79 Å². The molecule has 9 rings (SSSR count). The van der Waals surface area contributed by atoms with Gasteiger partial charge in [-0.05, 0) is 166 Å². The van der Waals surface area contributed by atoms with E-state index in [0.717, 1.165) is 61.9 Å². The van der Waals surface area contributed by atoms with Crippen molar-refractivity contribution in [3.8, 4) is 11.5 Å². The van der Waals surface area contributed by atoms with Crippen LogP contribution in [0.4, 0.5) is 0 Å². The number of hydrogen-bond donors (Lipinski definition) is 14. The summed E-state index contributed by atoms with van der Waals surface area (Å²) in [6.45, 7) is 14.4. The first kappa shape index (κ1) is 78.0. The number of ether oxygens (including phenoxy) is 7. The van der Waals surface area contributed by atoms with Crippen LogP contribution in [0, 0.1) is 50.2 Å². The first-order valence-corrected chi connectivity index (χ1v) is 35.8. The molecule has 6 fully saturated rings. The Morgan fingerprint density at radius 3 is 2.03 bits per heavy atom. The average Bonchev–Trinajstić information content (AvgIpc) is 0.806. The van der Waals surface area contributed by atoms with E-state index in [2.05, 4.69) is 58.1 Å². The molecule has 14 N–H and O–H groups in total. The third-order valence-electron chi connectivity index (χ3n) is 24.7. The smallest absolute Gasteiger partial charge is 0.317 e. The van der Waals surface area contributed by atoms with Crippen LogP contribution in [-0.2, 0) is 49.2 Å². The van der Waals surface area contributed by atoms with E-state index in [-0.39, 0.29) is 36.5 Å². The first-order valence-electron chi connectivity index (χ1n) is 35.8. The summed E-state index contributed by atoms with van der Waals surface area (Å²) in [6, 6.07) is 17.8. The number of aliphatic hydroxyl groups excluding tert-OH is 13. The number of hydrogen-bond acceptors (Lipinski definition) is 23. The van der Waals surface area contributed by atoms with Gasteiger partial charge in [0.1, 0.15) is 84.2 Å². The summed E-state index contributed by atoms with van der Waals surface area (Å²) in [7, 11) is 0. The number of aldehydes is 1. The number of aryl methyl sites for hydroxylation is 1. The maximum atomic E-state index is 15.5. The van der Waals surface area contributed by atoms with Crippen LogP contribution < -0.4 is 10.1 Å². The van der Waals surface area contributed by atoms with Crippen LogP contribution in [0.5, 0.6) is 11.5 Å². The van der Waals surface area contributed by atoms with Crippen molar-refractivity contribution in [1.29, 1.82) is 0 Å². The molecule has 1 amide bonds. The van der Waals surface area contributed by atoms with Crippen LogP contribution in [0.2, 0.25) is 0 Å². The van der Waals surface area contributed by atoms with Crippen molar-refractivity contribution in [3.63, 3.8) is 0 Å². The Bertz CT molecular complexity index is 2960. The van der Waals surface area contributed by atoms with Crippen LogP contribution >= 0.6 is 0 Å². The lowest BCUT2D eigenvalue weighted by Crippen LogP contribution is -2.68. The Labute approximate surface area is 576 Å². The molecule has 5 aliphatic carbocycles. The van der Waals surface area contributed by atoms with E-state index in [1.807, 2.05) is 49.4 Å². The van der Waals surface area contributed by atoms with Crippen molar-refractivity contribution >= 4 is 18.2 Å². The third-order valence-corrected chi connectivity index (χ3v) is 24.7. The summed E-state index contributed by atoms with van der Waals surface area (Å²) in [5.74, 6) is -0.982. The quantitative estimate of drug-likeness (QED) is 0.0135. The fourth-order valence-corrected chi connectivity index (χ4v) is 18.3. The Kier molecular flexibility index (Phi) is 25.7. The number of carbonyl (C=O) groups excluding carboxylic acids is 3. The van der Waals surface area contributed by atoms with Gasteiger partial charge in [0.2, 0.25) is 6.29 Å². The van der Waals surface area contributed by atoms with Crippen LogP contribution in [0.1, 0.15) is 170 Å². The van der Waals surface area contributed by atoms with Crippen LogP contribution in [0.3, 0.4) is 0 Å². The van der Waals surface area contributed by atoms with Gasteiger partial charge in [0, 0.05) is 6.54 Å². The first-order chi connectivity index (χ1) is 46.4. The fourth-order valence-electron chi connectivity index (χ4n) is 18.3. The molecule has 24 nitrogen and oxygen atoms in total. The Balaban J connectivity index is 0.837. The topological polar surface area (TPSA) is 391 Å². The largest absolute Gasteiger partial charge is 0.457 e. The predicted octanol–water partition coefficient (Wildman–Crippen LogP) is 4.32. The number of benzene rings is 2. The Hall–Kier alpha value is -4.13. The minimum absolute atomic E-state index is 0.0640. The van der Waals surface area contributed by atoms with Gasteiger partial charge in [0.05, 0.1) is 43.0 Å². The molecule has 2 aromatic rings. The highest BCUT2D eigenvalue weighted by Crippen LogP contribution is 2.75. The highest BCUT2D eigenvalue weighted by atomic mass is 16.7. The van der Waals surface area contributed by atoms with E-state index in [9.17, 15) is 76.0 Å². The molecule has 2 aliphatic heterocycles. The number of aliphatic hydroxyl groups is 13. The summed E-state index contributed by atoms with van der Waals surface area (Å²) >= 11 is 0. The Morgan fingerprint density at radius 2 is 1.36 bits per heavy atom. The van der Waals surface area contributed by atoms with Gasteiger partial charge in [0.15, 0.2) is 24.8 Å². The van der Waals surface area contributed by atoms with E-state index < -0.39 is 175 Å². The Morgan fingerprint density at radius 1 is 0.694 bits per heavy atom. The number of fused-ring (bicyclic) bond motifs is 7. The lowest BCUT2D eigenvalue weighted by molar-refractivity contribution is -0.338. The number of nitrogens with one attached hydrogen (secondary N) is 1.